The molecule has 0 bridgehead atoms. The summed E-state index contributed by atoms with van der Waals surface area (Å²) in [5.41, 5.74) is 0. The number of esters is 1. The Morgan fingerprint density at radius 1 is 0.459 bits per heavy atom. The molecule has 1 amide bonds. The van der Waals surface area contributed by atoms with E-state index in [-0.39, 0.29) is 18.5 Å². The lowest BCUT2D eigenvalue weighted by Gasteiger charge is -2.22. The van der Waals surface area contributed by atoms with Crippen molar-refractivity contribution in [2.75, 3.05) is 13.2 Å². The van der Waals surface area contributed by atoms with Gasteiger partial charge in [0.15, 0.2) is 0 Å². The SMILES string of the molecule is CCCCCCCCCCCCCCCCCC(=O)OCCCCC/C=C\C/C=C\CCCCCCCCCC(=O)NC(CO)C(O)CCCCCCCCCCCCCC. The van der Waals surface area contributed by atoms with Crippen LogP contribution in [-0.2, 0) is 14.3 Å². The first-order valence-corrected chi connectivity index (χ1v) is 27.1. The lowest BCUT2D eigenvalue weighted by atomic mass is 10.0. The van der Waals surface area contributed by atoms with Crippen LogP contribution < -0.4 is 5.32 Å². The quantitative estimate of drug-likeness (QED) is 0.0322. The van der Waals surface area contributed by atoms with Crippen LogP contribution in [0.1, 0.15) is 290 Å². The van der Waals surface area contributed by atoms with Gasteiger partial charge in [-0.2, -0.15) is 0 Å². The van der Waals surface area contributed by atoms with Gasteiger partial charge in [0.25, 0.3) is 0 Å². The molecule has 2 unspecified atom stereocenters. The largest absolute Gasteiger partial charge is 0.466 e. The van der Waals surface area contributed by atoms with E-state index >= 15 is 0 Å². The van der Waals surface area contributed by atoms with Crippen molar-refractivity contribution in [2.45, 2.75) is 302 Å². The van der Waals surface area contributed by atoms with E-state index in [0.29, 0.717) is 25.9 Å². The number of rotatable bonds is 50. The van der Waals surface area contributed by atoms with Gasteiger partial charge in [0.1, 0.15) is 0 Å². The zero-order valence-electron chi connectivity index (χ0n) is 40.9. The Hall–Kier alpha value is -1.66. The van der Waals surface area contributed by atoms with E-state index in [2.05, 4.69) is 43.5 Å². The van der Waals surface area contributed by atoms with Gasteiger partial charge in [-0.15, -0.1) is 0 Å². The minimum Gasteiger partial charge on any atom is -0.466 e. The van der Waals surface area contributed by atoms with Gasteiger partial charge in [0.05, 0.1) is 25.4 Å². The number of ether oxygens (including phenoxy) is 1. The maximum absolute atomic E-state index is 12.4. The monoisotopic (exact) mass is 860 g/mol. The van der Waals surface area contributed by atoms with Gasteiger partial charge < -0.3 is 20.3 Å². The van der Waals surface area contributed by atoms with Gasteiger partial charge in [-0.3, -0.25) is 9.59 Å². The van der Waals surface area contributed by atoms with E-state index in [9.17, 15) is 19.8 Å². The Kier molecular flexibility index (Phi) is 49.6. The molecule has 0 rings (SSSR count). The van der Waals surface area contributed by atoms with Crippen LogP contribution in [0.15, 0.2) is 24.3 Å². The Bertz CT molecular complexity index is 951. The van der Waals surface area contributed by atoms with Crippen molar-refractivity contribution < 1.29 is 24.5 Å². The Morgan fingerprint density at radius 3 is 1.25 bits per heavy atom. The lowest BCUT2D eigenvalue weighted by Crippen LogP contribution is -2.45. The van der Waals surface area contributed by atoms with Crippen LogP contribution >= 0.6 is 0 Å². The molecular formula is C55H105NO5. The summed E-state index contributed by atoms with van der Waals surface area (Å²) in [6, 6.07) is -0.552. The lowest BCUT2D eigenvalue weighted by molar-refractivity contribution is -0.143. The summed E-state index contributed by atoms with van der Waals surface area (Å²) in [6.07, 6.45) is 60.1. The summed E-state index contributed by atoms with van der Waals surface area (Å²) in [7, 11) is 0. The van der Waals surface area contributed by atoms with Crippen molar-refractivity contribution in [3.8, 4) is 0 Å². The summed E-state index contributed by atoms with van der Waals surface area (Å²) in [5.74, 6) is -0.0641. The number of amides is 1. The molecule has 0 aromatic heterocycles. The van der Waals surface area contributed by atoms with E-state index < -0.39 is 12.1 Å². The fourth-order valence-corrected chi connectivity index (χ4v) is 8.32. The molecule has 61 heavy (non-hydrogen) atoms. The van der Waals surface area contributed by atoms with E-state index in [1.807, 2.05) is 0 Å². The topological polar surface area (TPSA) is 95.9 Å². The molecule has 0 aliphatic rings. The highest BCUT2D eigenvalue weighted by atomic mass is 16.5. The second-order valence-corrected chi connectivity index (χ2v) is 18.6. The predicted octanol–water partition coefficient (Wildman–Crippen LogP) is 16.3. The molecule has 6 heteroatoms. The summed E-state index contributed by atoms with van der Waals surface area (Å²) in [4.78, 5) is 24.5. The fraction of sp³-hybridized carbons (Fsp3) is 0.891. The first-order chi connectivity index (χ1) is 30.0. The first kappa shape index (κ1) is 59.3. The van der Waals surface area contributed by atoms with Crippen LogP contribution in [0.4, 0.5) is 0 Å². The average Bonchev–Trinajstić information content (AvgIpc) is 3.26. The van der Waals surface area contributed by atoms with Crippen LogP contribution in [0.3, 0.4) is 0 Å². The molecule has 0 aromatic carbocycles. The molecule has 0 heterocycles. The molecule has 2 atom stereocenters. The maximum Gasteiger partial charge on any atom is 0.305 e. The van der Waals surface area contributed by atoms with E-state index in [1.54, 1.807) is 0 Å². The second-order valence-electron chi connectivity index (χ2n) is 18.6. The van der Waals surface area contributed by atoms with Gasteiger partial charge in [-0.25, -0.2) is 0 Å². The molecule has 0 saturated carbocycles. The van der Waals surface area contributed by atoms with Crippen molar-refractivity contribution in [1.29, 1.82) is 0 Å². The molecule has 6 nitrogen and oxygen atoms in total. The van der Waals surface area contributed by atoms with E-state index in [1.165, 1.54) is 173 Å². The van der Waals surface area contributed by atoms with Gasteiger partial charge >= 0.3 is 5.97 Å². The molecule has 0 saturated heterocycles. The Labute approximate surface area is 380 Å². The molecule has 360 valence electrons. The van der Waals surface area contributed by atoms with Crippen LogP contribution in [0, 0.1) is 0 Å². The van der Waals surface area contributed by atoms with Gasteiger partial charge in [-0.05, 0) is 64.2 Å². The zero-order chi connectivity index (χ0) is 44.4. The molecule has 0 fully saturated rings. The van der Waals surface area contributed by atoms with E-state index in [4.69, 9.17) is 4.74 Å². The third-order valence-corrected chi connectivity index (χ3v) is 12.5. The summed E-state index contributed by atoms with van der Waals surface area (Å²) < 4.78 is 5.45. The number of hydrogen-bond donors (Lipinski definition) is 3. The number of aliphatic hydroxyl groups is 2. The molecule has 0 aromatic rings. The van der Waals surface area contributed by atoms with E-state index in [0.717, 1.165) is 83.5 Å². The van der Waals surface area contributed by atoms with Crippen LogP contribution in [0.2, 0.25) is 0 Å². The van der Waals surface area contributed by atoms with Crippen molar-refractivity contribution in [2.24, 2.45) is 0 Å². The number of carbonyl (C=O) groups excluding carboxylic acids is 2. The number of carbonyl (C=O) groups is 2. The average molecular weight is 860 g/mol. The van der Waals surface area contributed by atoms with Crippen molar-refractivity contribution >= 4 is 11.9 Å². The normalized spacial score (nSPS) is 12.8. The molecule has 0 aliphatic carbocycles. The van der Waals surface area contributed by atoms with Gasteiger partial charge in [-0.1, -0.05) is 237 Å². The standard InChI is InChI=1S/C55H105NO5/c1-3-5-7-9-11-13-15-17-21-25-29-33-37-41-45-49-55(60)61-50-46-42-38-34-30-26-23-20-18-19-22-24-28-32-36-40-44-48-54(59)56-52(51-57)53(58)47-43-39-35-31-27-16-14-12-10-8-6-4-2/h18,20,26,30,52-53,57-58H,3-17,19,21-25,27-29,31-51H2,1-2H3,(H,56,59)/b20-18-,30-26-. The third kappa shape index (κ3) is 47.7. The van der Waals surface area contributed by atoms with Crippen LogP contribution in [-0.4, -0.2) is 47.4 Å². The Morgan fingerprint density at radius 2 is 0.820 bits per heavy atom. The number of allylic oxidation sites excluding steroid dienone is 4. The summed E-state index contributed by atoms with van der Waals surface area (Å²) in [5, 5.41) is 23.2. The minimum absolute atomic E-state index is 0.0127. The van der Waals surface area contributed by atoms with Crippen LogP contribution in [0.5, 0.6) is 0 Å². The van der Waals surface area contributed by atoms with Gasteiger partial charge in [0.2, 0.25) is 5.91 Å². The number of nitrogens with one attached hydrogen (secondary N) is 1. The third-order valence-electron chi connectivity index (χ3n) is 12.5. The van der Waals surface area contributed by atoms with Crippen LogP contribution in [0.25, 0.3) is 0 Å². The highest BCUT2D eigenvalue weighted by Gasteiger charge is 2.20. The predicted molar refractivity (Wildman–Crippen MR) is 264 cm³/mol. The first-order valence-electron chi connectivity index (χ1n) is 27.1. The molecular weight excluding hydrogens is 755 g/mol. The zero-order valence-corrected chi connectivity index (χ0v) is 40.9. The fourth-order valence-electron chi connectivity index (χ4n) is 8.32. The smallest absolute Gasteiger partial charge is 0.305 e. The molecule has 0 aliphatic heterocycles. The minimum atomic E-state index is -0.673. The van der Waals surface area contributed by atoms with Crippen molar-refractivity contribution in [1.82, 2.24) is 5.32 Å². The maximum atomic E-state index is 12.4. The van der Waals surface area contributed by atoms with Gasteiger partial charge in [0, 0.05) is 12.8 Å². The molecule has 0 radical (unpaired) electrons. The molecule has 3 N–H and O–H groups in total. The summed E-state index contributed by atoms with van der Waals surface area (Å²) in [6.45, 7) is 4.91. The Balaban J connectivity index is 3.48. The highest BCUT2D eigenvalue weighted by molar-refractivity contribution is 5.76. The number of aliphatic hydroxyl groups excluding tert-OH is 2. The van der Waals surface area contributed by atoms with Crippen molar-refractivity contribution in [3.05, 3.63) is 24.3 Å². The number of unbranched alkanes of at least 4 members (excludes halogenated alkanes) is 35. The number of hydrogen-bond acceptors (Lipinski definition) is 5. The van der Waals surface area contributed by atoms with Crippen molar-refractivity contribution in [3.63, 3.8) is 0 Å². The summed E-state index contributed by atoms with van der Waals surface area (Å²) >= 11 is 0. The molecule has 0 spiro atoms. The second kappa shape index (κ2) is 51.0. The highest BCUT2D eigenvalue weighted by Crippen LogP contribution is 2.16.